The molecule has 4 aromatic rings. The van der Waals surface area contributed by atoms with Crippen molar-refractivity contribution in [3.8, 4) is 33.5 Å². The molecule has 0 aliphatic heterocycles. The minimum absolute atomic E-state index is 0.141. The predicted molar refractivity (Wildman–Crippen MR) is 165 cm³/mol. The molecule has 0 radical (unpaired) electrons. The molecule has 0 aliphatic rings. The van der Waals surface area contributed by atoms with Crippen molar-refractivity contribution in [3.63, 3.8) is 0 Å². The van der Waals surface area contributed by atoms with Crippen molar-refractivity contribution in [1.82, 2.24) is 0 Å². The molecule has 38 heavy (non-hydrogen) atoms. The van der Waals surface area contributed by atoms with E-state index in [-0.39, 0.29) is 11.8 Å². The van der Waals surface area contributed by atoms with Crippen molar-refractivity contribution >= 4 is 0 Å². The summed E-state index contributed by atoms with van der Waals surface area (Å²) in [5, 5.41) is 0. The highest BCUT2D eigenvalue weighted by Crippen LogP contribution is 2.41. The van der Waals surface area contributed by atoms with Crippen molar-refractivity contribution in [2.45, 2.75) is 80.5 Å². The topological polar surface area (TPSA) is 3.88 Å². The summed E-state index contributed by atoms with van der Waals surface area (Å²) in [4.78, 5) is 0. The summed E-state index contributed by atoms with van der Waals surface area (Å²) in [6.07, 6.45) is 0.319. The van der Waals surface area contributed by atoms with Gasteiger partial charge >= 0.3 is 0 Å². The average Bonchev–Trinajstić information content (AvgIpc) is 2.91. The Morgan fingerprint density at radius 2 is 1.39 bits per heavy atom. The van der Waals surface area contributed by atoms with Gasteiger partial charge in [0.25, 0.3) is 0 Å². The molecule has 0 N–H and O–H groups in total. The number of aromatic nitrogens is 1. The van der Waals surface area contributed by atoms with E-state index < -0.39 is 18.6 Å². The molecule has 3 aromatic carbocycles. The molecule has 0 amide bonds. The van der Waals surface area contributed by atoms with E-state index in [1.807, 2.05) is 68.8 Å². The Kier molecular flexibility index (Phi) is 6.22. The molecule has 0 bridgehead atoms. The number of hydrogen-bond acceptors (Lipinski definition) is 0. The van der Waals surface area contributed by atoms with Gasteiger partial charge in [-0.3, -0.25) is 0 Å². The minimum atomic E-state index is -2.29. The minimum Gasteiger partial charge on any atom is -0.201 e. The lowest BCUT2D eigenvalue weighted by Gasteiger charge is -2.23. The molecular weight excluding hydrogens is 458 g/mol. The summed E-state index contributed by atoms with van der Waals surface area (Å²) in [6.45, 7) is 14.2. The average molecular weight is 510 g/mol. The van der Waals surface area contributed by atoms with Gasteiger partial charge in [-0.05, 0) is 88.0 Å². The van der Waals surface area contributed by atoms with Crippen molar-refractivity contribution in [2.24, 2.45) is 12.5 Å². The van der Waals surface area contributed by atoms with Crippen molar-refractivity contribution in [2.75, 3.05) is 0 Å². The fraction of sp³-hybridized carbons (Fsp3) is 0.378. The van der Waals surface area contributed by atoms with Crippen LogP contribution in [0.2, 0.25) is 0 Å². The van der Waals surface area contributed by atoms with E-state index in [0.29, 0.717) is 11.1 Å². The molecule has 1 aromatic heterocycles. The fourth-order valence-electron chi connectivity index (χ4n) is 5.24. The lowest BCUT2D eigenvalue weighted by atomic mass is 9.81. The maximum absolute atomic E-state index is 8.70. The van der Waals surface area contributed by atoms with E-state index in [1.165, 1.54) is 0 Å². The Bertz CT molecular complexity index is 1590. The summed E-state index contributed by atoms with van der Waals surface area (Å²) in [6, 6.07) is 22.5. The van der Waals surface area contributed by atoms with E-state index in [9.17, 15) is 0 Å². The van der Waals surface area contributed by atoms with Gasteiger partial charge in [-0.2, -0.15) is 0 Å². The zero-order valence-electron chi connectivity index (χ0n) is 29.5. The SMILES string of the molecule is [2H]C([2H])([2H])c1c[n+](C)c(-c2ccccc2C)cc1-c1c(C(C)C)cc(-c2ccc(C([2H])([2H])C(C)(C)C)cc2)cc1C(C)C. The molecule has 1 nitrogen and oxygen atoms in total. The number of aryl methyl sites for hydroxylation is 3. The quantitative estimate of drug-likeness (QED) is 0.228. The Labute approximate surface area is 238 Å². The third-order valence-corrected chi connectivity index (χ3v) is 7.15. The zero-order chi connectivity index (χ0) is 32.1. The summed E-state index contributed by atoms with van der Waals surface area (Å²) in [5.74, 6) is 0.282. The molecule has 1 heteroatoms. The van der Waals surface area contributed by atoms with Crippen LogP contribution in [0.25, 0.3) is 33.5 Å². The Balaban J connectivity index is 2.01. The smallest absolute Gasteiger partial charge is 0.201 e. The lowest BCUT2D eigenvalue weighted by Crippen LogP contribution is -2.31. The monoisotopic (exact) mass is 509 g/mol. The number of rotatable bonds is 6. The lowest BCUT2D eigenvalue weighted by molar-refractivity contribution is -0.660. The molecule has 0 atom stereocenters. The highest BCUT2D eigenvalue weighted by atomic mass is 14.9. The van der Waals surface area contributed by atoms with E-state index in [2.05, 4.69) is 65.0 Å². The van der Waals surface area contributed by atoms with Crippen LogP contribution < -0.4 is 4.57 Å². The standard InChI is InChI=1S/C37H46N/c1-24(2)32-19-30(29-17-15-28(16-18-29)22-37(7,8)9)20-33(25(3)4)36(32)34-21-35(38(10)23-27(34)6)31-14-12-11-13-26(31)5/h11-21,23-25H,22H2,1-10H3/q+1/i6D3,22D2. The molecular formula is C37H46N+. The number of pyridine rings is 1. The molecule has 4 rings (SSSR count). The highest BCUT2D eigenvalue weighted by molar-refractivity contribution is 5.81. The Hall–Kier alpha value is -3.19. The van der Waals surface area contributed by atoms with Crippen molar-refractivity contribution in [1.29, 1.82) is 0 Å². The molecule has 0 aliphatic carbocycles. The molecule has 198 valence electrons. The van der Waals surface area contributed by atoms with Crippen LogP contribution in [0.1, 0.15) is 95.0 Å². The fourth-order valence-corrected chi connectivity index (χ4v) is 5.24. The van der Waals surface area contributed by atoms with Gasteiger partial charge < -0.3 is 0 Å². The van der Waals surface area contributed by atoms with Crippen molar-refractivity contribution in [3.05, 3.63) is 101 Å². The number of benzene rings is 3. The number of hydrogen-bond donors (Lipinski definition) is 0. The largest absolute Gasteiger partial charge is 0.213 e. The van der Waals surface area contributed by atoms with Crippen LogP contribution in [-0.4, -0.2) is 0 Å². The van der Waals surface area contributed by atoms with Crippen LogP contribution in [0.5, 0.6) is 0 Å². The zero-order valence-corrected chi connectivity index (χ0v) is 24.5. The third kappa shape index (κ3) is 5.93. The van der Waals surface area contributed by atoms with Gasteiger partial charge in [-0.15, -0.1) is 0 Å². The first-order valence-corrected chi connectivity index (χ1v) is 13.7. The first-order chi connectivity index (χ1) is 19.8. The van der Waals surface area contributed by atoms with Gasteiger partial charge in [0.15, 0.2) is 6.20 Å². The third-order valence-electron chi connectivity index (χ3n) is 7.15. The van der Waals surface area contributed by atoms with E-state index in [1.54, 1.807) is 6.20 Å². The van der Waals surface area contributed by atoms with Gasteiger partial charge in [-0.25, -0.2) is 4.57 Å². The van der Waals surface area contributed by atoms with Crippen LogP contribution >= 0.6 is 0 Å². The molecule has 0 unspecified atom stereocenters. The van der Waals surface area contributed by atoms with E-state index >= 15 is 0 Å². The second kappa shape index (κ2) is 10.9. The van der Waals surface area contributed by atoms with Gasteiger partial charge in [0.05, 0.1) is 0 Å². The van der Waals surface area contributed by atoms with Crippen LogP contribution in [0.3, 0.4) is 0 Å². The van der Waals surface area contributed by atoms with Crippen LogP contribution in [0.15, 0.2) is 72.9 Å². The molecule has 0 fully saturated rings. The Morgan fingerprint density at radius 3 is 1.92 bits per heavy atom. The highest BCUT2D eigenvalue weighted by Gasteiger charge is 2.23. The second-order valence-electron chi connectivity index (χ2n) is 12.2. The van der Waals surface area contributed by atoms with Crippen LogP contribution in [0, 0.1) is 19.2 Å². The van der Waals surface area contributed by atoms with E-state index in [4.69, 9.17) is 6.85 Å². The molecule has 0 saturated carbocycles. The van der Waals surface area contributed by atoms with Crippen molar-refractivity contribution < 1.29 is 11.4 Å². The first-order valence-electron chi connectivity index (χ1n) is 16.2. The summed E-state index contributed by atoms with van der Waals surface area (Å²) >= 11 is 0. The first kappa shape index (κ1) is 21.7. The summed E-state index contributed by atoms with van der Waals surface area (Å²) in [5.41, 5.74) is 9.68. The summed E-state index contributed by atoms with van der Waals surface area (Å²) < 4.78 is 44.9. The molecule has 1 heterocycles. The molecule has 0 saturated heterocycles. The van der Waals surface area contributed by atoms with E-state index in [0.717, 1.165) is 50.2 Å². The normalized spacial score (nSPS) is 14.7. The number of nitrogens with zero attached hydrogens (tertiary/aromatic N) is 1. The second-order valence-corrected chi connectivity index (χ2v) is 12.2. The van der Waals surface area contributed by atoms with Gasteiger partial charge in [0, 0.05) is 24.0 Å². The van der Waals surface area contributed by atoms with Gasteiger partial charge in [0.1, 0.15) is 7.05 Å². The maximum Gasteiger partial charge on any atom is 0.213 e. The van der Waals surface area contributed by atoms with Crippen LogP contribution in [-0.2, 0) is 13.4 Å². The Morgan fingerprint density at radius 1 is 0.789 bits per heavy atom. The summed E-state index contributed by atoms with van der Waals surface area (Å²) in [7, 11) is 1.92. The van der Waals surface area contributed by atoms with Gasteiger partial charge in [0.2, 0.25) is 5.69 Å². The predicted octanol–water partition coefficient (Wildman–Crippen LogP) is 9.96. The maximum atomic E-state index is 8.70. The van der Waals surface area contributed by atoms with Gasteiger partial charge in [-0.1, -0.05) is 103 Å². The van der Waals surface area contributed by atoms with Crippen LogP contribution in [0.4, 0.5) is 0 Å². The molecule has 0 spiro atoms.